The lowest BCUT2D eigenvalue weighted by molar-refractivity contribution is -0.136. The highest BCUT2D eigenvalue weighted by Crippen LogP contribution is 2.31. The molecule has 0 unspecified atom stereocenters. The summed E-state index contributed by atoms with van der Waals surface area (Å²) in [4.78, 5) is 36.5. The Labute approximate surface area is 201 Å². The van der Waals surface area contributed by atoms with Crippen LogP contribution in [0.1, 0.15) is 11.1 Å². The SMILES string of the molecule is Cc1ccncc1-c1cc(N)c2cnc(NC(=O)C(=O)NCCc3c[nH]c4ccccc34)cc2c1. The number of aryl methyl sites for hydroxylation is 1. The molecular weight excluding hydrogens is 440 g/mol. The molecule has 2 amide bonds. The van der Waals surface area contributed by atoms with Crippen molar-refractivity contribution in [2.45, 2.75) is 13.3 Å². The maximum absolute atomic E-state index is 12.5. The number of carbonyl (C=O) groups excluding carboxylic acids is 2. The van der Waals surface area contributed by atoms with Crippen LogP contribution in [-0.2, 0) is 16.0 Å². The van der Waals surface area contributed by atoms with Crippen LogP contribution in [-0.4, -0.2) is 33.3 Å². The predicted molar refractivity (Wildman–Crippen MR) is 138 cm³/mol. The Morgan fingerprint density at radius 2 is 1.89 bits per heavy atom. The third-order valence-electron chi connectivity index (χ3n) is 6.02. The summed E-state index contributed by atoms with van der Waals surface area (Å²) in [5.74, 6) is -1.22. The van der Waals surface area contributed by atoms with Crippen molar-refractivity contribution in [3.63, 3.8) is 0 Å². The number of H-pyrrole nitrogens is 1. The molecule has 5 aromatic rings. The van der Waals surface area contributed by atoms with Crippen molar-refractivity contribution in [3.05, 3.63) is 84.4 Å². The zero-order valence-electron chi connectivity index (χ0n) is 19.1. The summed E-state index contributed by atoms with van der Waals surface area (Å²) < 4.78 is 0. The van der Waals surface area contributed by atoms with Crippen molar-refractivity contribution in [3.8, 4) is 11.1 Å². The predicted octanol–water partition coefficient (Wildman–Crippen LogP) is 3.97. The van der Waals surface area contributed by atoms with Gasteiger partial charge < -0.3 is 21.4 Å². The third kappa shape index (κ3) is 4.54. The summed E-state index contributed by atoms with van der Waals surface area (Å²) in [5.41, 5.74) is 11.9. The molecule has 0 spiro atoms. The Bertz CT molecular complexity index is 1570. The van der Waals surface area contributed by atoms with Crippen LogP contribution in [0.4, 0.5) is 11.5 Å². The molecule has 3 aromatic heterocycles. The first-order valence-electron chi connectivity index (χ1n) is 11.2. The van der Waals surface area contributed by atoms with Crippen molar-refractivity contribution in [1.29, 1.82) is 0 Å². The highest BCUT2D eigenvalue weighted by atomic mass is 16.2. The van der Waals surface area contributed by atoms with Gasteiger partial charge in [0, 0.05) is 58.9 Å². The lowest BCUT2D eigenvalue weighted by Crippen LogP contribution is -2.36. The molecule has 174 valence electrons. The minimum absolute atomic E-state index is 0.272. The molecule has 0 aliphatic rings. The van der Waals surface area contributed by atoms with E-state index in [0.717, 1.165) is 43.9 Å². The fraction of sp³-hybridized carbons (Fsp3) is 0.111. The molecule has 35 heavy (non-hydrogen) atoms. The minimum Gasteiger partial charge on any atom is -0.398 e. The Morgan fingerprint density at radius 1 is 1.03 bits per heavy atom. The van der Waals surface area contributed by atoms with Gasteiger partial charge in [-0.15, -0.1) is 0 Å². The number of nitrogens with one attached hydrogen (secondary N) is 3. The zero-order valence-corrected chi connectivity index (χ0v) is 19.1. The monoisotopic (exact) mass is 464 g/mol. The quantitative estimate of drug-likeness (QED) is 0.231. The Balaban J connectivity index is 1.27. The van der Waals surface area contributed by atoms with Gasteiger partial charge in [-0.2, -0.15) is 0 Å². The summed E-state index contributed by atoms with van der Waals surface area (Å²) in [6.45, 7) is 2.34. The normalized spacial score (nSPS) is 11.0. The molecule has 2 aromatic carbocycles. The van der Waals surface area contributed by atoms with E-state index in [0.29, 0.717) is 18.7 Å². The molecule has 0 aliphatic carbocycles. The van der Waals surface area contributed by atoms with Gasteiger partial charge in [0.15, 0.2) is 0 Å². The first-order valence-corrected chi connectivity index (χ1v) is 11.2. The molecule has 5 N–H and O–H groups in total. The number of pyridine rings is 2. The van der Waals surface area contributed by atoms with Crippen molar-refractivity contribution < 1.29 is 9.59 Å². The van der Waals surface area contributed by atoms with Crippen LogP contribution in [0.5, 0.6) is 0 Å². The molecule has 0 atom stereocenters. The standard InChI is InChI=1S/C27H24N6O2/c1-16-6-8-29-14-21(16)18-10-19-12-25(32-15-22(19)23(28)11-18)33-27(35)26(34)30-9-7-17-13-31-24-5-3-2-4-20(17)24/h2-6,8,10-15,31H,7,9,28H2,1H3,(H,30,34)(H,32,33,35). The molecule has 8 heteroatoms. The summed E-state index contributed by atoms with van der Waals surface area (Å²) >= 11 is 0. The van der Waals surface area contributed by atoms with Crippen LogP contribution in [0.15, 0.2) is 73.3 Å². The molecule has 3 heterocycles. The van der Waals surface area contributed by atoms with E-state index >= 15 is 0 Å². The van der Waals surface area contributed by atoms with Crippen molar-refractivity contribution in [2.75, 3.05) is 17.6 Å². The smallest absolute Gasteiger partial charge is 0.314 e. The molecule has 5 rings (SSSR count). The van der Waals surface area contributed by atoms with Gasteiger partial charge in [0.2, 0.25) is 0 Å². The number of nitrogen functional groups attached to an aromatic ring is 1. The number of aromatic amines is 1. The number of carbonyl (C=O) groups is 2. The Hall–Kier alpha value is -4.72. The number of amides is 2. The number of rotatable bonds is 5. The van der Waals surface area contributed by atoms with Gasteiger partial charge in [-0.05, 0) is 65.8 Å². The number of hydrogen-bond donors (Lipinski definition) is 4. The molecule has 0 bridgehead atoms. The molecule has 0 saturated carbocycles. The van der Waals surface area contributed by atoms with Crippen molar-refractivity contribution in [1.82, 2.24) is 20.3 Å². The topological polar surface area (TPSA) is 126 Å². The molecule has 0 fully saturated rings. The van der Waals surface area contributed by atoms with E-state index in [-0.39, 0.29) is 5.82 Å². The van der Waals surface area contributed by atoms with Gasteiger partial charge in [-0.1, -0.05) is 18.2 Å². The van der Waals surface area contributed by atoms with Crippen LogP contribution >= 0.6 is 0 Å². The highest BCUT2D eigenvalue weighted by Gasteiger charge is 2.15. The van der Waals surface area contributed by atoms with Crippen LogP contribution in [0, 0.1) is 6.92 Å². The van der Waals surface area contributed by atoms with Crippen LogP contribution in [0.2, 0.25) is 0 Å². The maximum atomic E-state index is 12.5. The van der Waals surface area contributed by atoms with E-state index in [1.54, 1.807) is 24.7 Å². The van der Waals surface area contributed by atoms with E-state index in [1.807, 2.05) is 55.6 Å². The average Bonchev–Trinajstić information content (AvgIpc) is 3.27. The van der Waals surface area contributed by atoms with Crippen LogP contribution in [0.3, 0.4) is 0 Å². The zero-order chi connectivity index (χ0) is 24.4. The number of aromatic nitrogens is 3. The lowest BCUT2D eigenvalue weighted by Gasteiger charge is -2.11. The number of para-hydroxylation sites is 1. The number of fused-ring (bicyclic) bond motifs is 2. The summed E-state index contributed by atoms with van der Waals surface area (Å²) in [7, 11) is 0. The van der Waals surface area contributed by atoms with Gasteiger partial charge in [0.25, 0.3) is 0 Å². The second kappa shape index (κ2) is 9.26. The number of anilines is 2. The maximum Gasteiger partial charge on any atom is 0.314 e. The van der Waals surface area contributed by atoms with Gasteiger partial charge in [-0.3, -0.25) is 14.6 Å². The van der Waals surface area contributed by atoms with Crippen molar-refractivity contribution >= 4 is 45.0 Å². The average molecular weight is 465 g/mol. The first kappa shape index (κ1) is 22.1. The Kier molecular flexibility index (Phi) is 5.85. The lowest BCUT2D eigenvalue weighted by atomic mass is 9.99. The molecule has 0 radical (unpaired) electrons. The molecular formula is C27H24N6O2. The summed E-state index contributed by atoms with van der Waals surface area (Å²) in [5, 5.41) is 7.91. The third-order valence-corrected chi connectivity index (χ3v) is 6.02. The Morgan fingerprint density at radius 3 is 2.74 bits per heavy atom. The van der Waals surface area contributed by atoms with E-state index < -0.39 is 11.8 Å². The number of nitrogens with zero attached hydrogens (tertiary/aromatic N) is 2. The van der Waals surface area contributed by atoms with Gasteiger partial charge >= 0.3 is 11.8 Å². The van der Waals surface area contributed by atoms with Crippen molar-refractivity contribution in [2.24, 2.45) is 0 Å². The van der Waals surface area contributed by atoms with E-state index in [4.69, 9.17) is 5.73 Å². The second-order valence-electron chi connectivity index (χ2n) is 8.37. The van der Waals surface area contributed by atoms with Gasteiger partial charge in [0.05, 0.1) is 0 Å². The fourth-order valence-electron chi connectivity index (χ4n) is 4.18. The van der Waals surface area contributed by atoms with E-state index in [2.05, 4.69) is 25.6 Å². The number of hydrogen-bond acceptors (Lipinski definition) is 5. The molecule has 8 nitrogen and oxygen atoms in total. The molecule has 0 aliphatic heterocycles. The fourth-order valence-corrected chi connectivity index (χ4v) is 4.18. The summed E-state index contributed by atoms with van der Waals surface area (Å²) in [6.07, 6.45) is 7.65. The molecule has 0 saturated heterocycles. The van der Waals surface area contributed by atoms with Gasteiger partial charge in [0.1, 0.15) is 5.82 Å². The number of nitrogens with two attached hydrogens (primary N) is 1. The second-order valence-corrected chi connectivity index (χ2v) is 8.37. The highest BCUT2D eigenvalue weighted by molar-refractivity contribution is 6.39. The van der Waals surface area contributed by atoms with Crippen LogP contribution in [0.25, 0.3) is 32.8 Å². The summed E-state index contributed by atoms with van der Waals surface area (Å²) in [6, 6.07) is 15.4. The minimum atomic E-state index is -0.775. The number of benzene rings is 2. The first-order chi connectivity index (χ1) is 17.0. The van der Waals surface area contributed by atoms with Gasteiger partial charge in [-0.25, -0.2) is 4.98 Å². The van der Waals surface area contributed by atoms with E-state index in [1.165, 1.54) is 0 Å². The van der Waals surface area contributed by atoms with E-state index in [9.17, 15) is 9.59 Å². The largest absolute Gasteiger partial charge is 0.398 e. The van der Waals surface area contributed by atoms with Crippen LogP contribution < -0.4 is 16.4 Å².